The summed E-state index contributed by atoms with van der Waals surface area (Å²) in [6, 6.07) is 21.0. The van der Waals surface area contributed by atoms with E-state index in [-0.39, 0.29) is 18.9 Å². The van der Waals surface area contributed by atoms with Crippen LogP contribution in [0.4, 0.5) is 0 Å². The molecule has 0 saturated carbocycles. The van der Waals surface area contributed by atoms with Crippen molar-refractivity contribution in [3.05, 3.63) is 118 Å². The number of carbonyl (C=O) groups excluding carboxylic acids is 2. The SMILES string of the molecule is CCOC(=O)C1=C(c2ccccc2)N=C2SC=C(CC(=O)NCc3ccncc3)N2[C@H]1c1cccc(C)c1. The molecule has 3 heterocycles. The Balaban J connectivity index is 1.53. The minimum Gasteiger partial charge on any atom is -0.463 e. The van der Waals surface area contributed by atoms with Gasteiger partial charge in [-0.2, -0.15) is 0 Å². The molecule has 0 aliphatic carbocycles. The lowest BCUT2D eigenvalue weighted by molar-refractivity contribution is -0.139. The van der Waals surface area contributed by atoms with Crippen LogP contribution in [0.15, 0.2) is 101 Å². The number of aromatic nitrogens is 1. The van der Waals surface area contributed by atoms with Crippen molar-refractivity contribution >= 4 is 34.5 Å². The first-order valence-corrected chi connectivity index (χ1v) is 13.4. The number of nitrogens with zero attached hydrogens (tertiary/aromatic N) is 3. The van der Waals surface area contributed by atoms with Gasteiger partial charge in [0.25, 0.3) is 0 Å². The zero-order chi connectivity index (χ0) is 26.5. The van der Waals surface area contributed by atoms with Crippen LogP contribution < -0.4 is 5.32 Å². The van der Waals surface area contributed by atoms with Gasteiger partial charge in [-0.3, -0.25) is 9.78 Å². The molecule has 1 aromatic heterocycles. The number of esters is 1. The fraction of sp³-hybridized carbons (Fsp3) is 0.200. The molecule has 0 fully saturated rings. The molecule has 1 N–H and O–H groups in total. The first-order chi connectivity index (χ1) is 18.5. The number of thioether (sulfide) groups is 1. The molecular formula is C30H28N4O3S. The number of pyridine rings is 1. The van der Waals surface area contributed by atoms with Crippen molar-refractivity contribution in [2.45, 2.75) is 32.9 Å². The summed E-state index contributed by atoms with van der Waals surface area (Å²) in [6.45, 7) is 4.48. The maximum Gasteiger partial charge on any atom is 0.338 e. The topological polar surface area (TPSA) is 83.9 Å². The van der Waals surface area contributed by atoms with Crippen LogP contribution in [-0.2, 0) is 20.9 Å². The largest absolute Gasteiger partial charge is 0.463 e. The zero-order valence-corrected chi connectivity index (χ0v) is 22.1. The third-order valence-electron chi connectivity index (χ3n) is 6.29. The number of ether oxygens (including phenoxy) is 1. The molecule has 0 unspecified atom stereocenters. The van der Waals surface area contributed by atoms with Crippen LogP contribution in [0, 0.1) is 6.92 Å². The second-order valence-electron chi connectivity index (χ2n) is 8.97. The van der Waals surface area contributed by atoms with Gasteiger partial charge in [0.1, 0.15) is 0 Å². The Morgan fingerprint density at radius 1 is 1.05 bits per heavy atom. The van der Waals surface area contributed by atoms with Crippen LogP contribution in [0.2, 0.25) is 0 Å². The number of amides is 1. The Morgan fingerprint density at radius 3 is 2.58 bits per heavy atom. The molecule has 8 heteroatoms. The maximum absolute atomic E-state index is 13.5. The van der Waals surface area contributed by atoms with Crippen LogP contribution >= 0.6 is 11.8 Å². The molecule has 2 aromatic carbocycles. The number of fused-ring (bicyclic) bond motifs is 1. The van der Waals surface area contributed by atoms with Gasteiger partial charge in [0.2, 0.25) is 5.91 Å². The van der Waals surface area contributed by atoms with Crippen molar-refractivity contribution in [1.29, 1.82) is 0 Å². The quantitative estimate of drug-likeness (QED) is 0.399. The summed E-state index contributed by atoms with van der Waals surface area (Å²) in [5.74, 6) is -0.535. The number of nitrogens with one attached hydrogen (secondary N) is 1. The molecule has 5 rings (SSSR count). The molecule has 0 saturated heterocycles. The van der Waals surface area contributed by atoms with E-state index >= 15 is 0 Å². The van der Waals surface area contributed by atoms with Gasteiger partial charge in [-0.15, -0.1) is 0 Å². The summed E-state index contributed by atoms with van der Waals surface area (Å²) in [5.41, 5.74) is 5.64. The predicted octanol–water partition coefficient (Wildman–Crippen LogP) is 5.37. The summed E-state index contributed by atoms with van der Waals surface area (Å²) >= 11 is 1.46. The molecular weight excluding hydrogens is 496 g/mol. The average Bonchev–Trinajstić information content (AvgIpc) is 3.34. The van der Waals surface area contributed by atoms with Gasteiger partial charge in [-0.1, -0.05) is 71.9 Å². The minimum absolute atomic E-state index is 0.117. The predicted molar refractivity (Wildman–Crippen MR) is 150 cm³/mol. The number of aliphatic imine (C=N–C) groups is 1. The summed E-state index contributed by atoms with van der Waals surface area (Å²) in [5, 5.41) is 5.66. The second kappa shape index (κ2) is 11.5. The summed E-state index contributed by atoms with van der Waals surface area (Å²) in [6.07, 6.45) is 3.55. The Kier molecular flexibility index (Phi) is 7.70. The van der Waals surface area contributed by atoms with Gasteiger partial charge < -0.3 is 15.0 Å². The highest BCUT2D eigenvalue weighted by Crippen LogP contribution is 2.47. The maximum atomic E-state index is 13.5. The molecule has 0 bridgehead atoms. The Morgan fingerprint density at radius 2 is 1.84 bits per heavy atom. The highest BCUT2D eigenvalue weighted by Gasteiger charge is 2.42. The number of benzene rings is 2. The van der Waals surface area contributed by atoms with E-state index in [1.54, 1.807) is 19.3 Å². The average molecular weight is 525 g/mol. The molecule has 1 atom stereocenters. The van der Waals surface area contributed by atoms with Crippen LogP contribution in [0.5, 0.6) is 0 Å². The van der Waals surface area contributed by atoms with Crippen LogP contribution in [0.25, 0.3) is 5.70 Å². The van der Waals surface area contributed by atoms with Gasteiger partial charge in [0.05, 0.1) is 30.3 Å². The van der Waals surface area contributed by atoms with Crippen molar-refractivity contribution in [3.63, 3.8) is 0 Å². The molecule has 38 heavy (non-hydrogen) atoms. The third-order valence-corrected chi connectivity index (χ3v) is 7.18. The molecule has 2 aliphatic rings. The van der Waals surface area contributed by atoms with Crippen molar-refractivity contribution < 1.29 is 14.3 Å². The Hall–Kier alpha value is -4.17. The van der Waals surface area contributed by atoms with E-state index in [2.05, 4.69) is 16.4 Å². The highest BCUT2D eigenvalue weighted by molar-refractivity contribution is 8.16. The number of amidine groups is 1. The highest BCUT2D eigenvalue weighted by atomic mass is 32.2. The van der Waals surface area contributed by atoms with E-state index in [9.17, 15) is 9.59 Å². The molecule has 0 radical (unpaired) electrons. The molecule has 3 aromatic rings. The van der Waals surface area contributed by atoms with Crippen LogP contribution in [0.3, 0.4) is 0 Å². The van der Waals surface area contributed by atoms with Gasteiger partial charge in [-0.05, 0) is 42.5 Å². The molecule has 1 amide bonds. The summed E-state index contributed by atoms with van der Waals surface area (Å²) in [7, 11) is 0. The number of aryl methyl sites for hydroxylation is 1. The van der Waals surface area contributed by atoms with Gasteiger partial charge in [-0.25, -0.2) is 9.79 Å². The lowest BCUT2D eigenvalue weighted by Gasteiger charge is -2.37. The number of hydrogen-bond donors (Lipinski definition) is 1. The van der Waals surface area contributed by atoms with Gasteiger partial charge >= 0.3 is 5.97 Å². The smallest absolute Gasteiger partial charge is 0.338 e. The number of rotatable bonds is 8. The van der Waals surface area contributed by atoms with E-state index in [0.29, 0.717) is 17.8 Å². The normalized spacial score (nSPS) is 16.5. The lowest BCUT2D eigenvalue weighted by atomic mass is 9.90. The van der Waals surface area contributed by atoms with E-state index in [1.807, 2.05) is 77.9 Å². The van der Waals surface area contributed by atoms with Crippen molar-refractivity contribution in [3.8, 4) is 0 Å². The van der Waals surface area contributed by atoms with Gasteiger partial charge in [0.15, 0.2) is 5.17 Å². The number of carbonyl (C=O) groups is 2. The first kappa shape index (κ1) is 25.5. The lowest BCUT2D eigenvalue weighted by Crippen LogP contribution is -2.38. The Bertz CT molecular complexity index is 1430. The van der Waals surface area contributed by atoms with Gasteiger partial charge in [0, 0.05) is 30.2 Å². The molecule has 2 aliphatic heterocycles. The first-order valence-electron chi connectivity index (χ1n) is 12.5. The summed E-state index contributed by atoms with van der Waals surface area (Å²) in [4.78, 5) is 37.5. The van der Waals surface area contributed by atoms with Crippen LogP contribution in [0.1, 0.15) is 41.6 Å². The van der Waals surface area contributed by atoms with Crippen molar-refractivity contribution in [1.82, 2.24) is 15.2 Å². The van der Waals surface area contributed by atoms with Crippen molar-refractivity contribution in [2.75, 3.05) is 6.61 Å². The second-order valence-corrected chi connectivity index (χ2v) is 9.80. The molecule has 7 nitrogen and oxygen atoms in total. The fourth-order valence-corrected chi connectivity index (χ4v) is 5.49. The van der Waals surface area contributed by atoms with E-state index in [0.717, 1.165) is 33.1 Å². The number of hydrogen-bond acceptors (Lipinski definition) is 7. The van der Waals surface area contributed by atoms with E-state index in [4.69, 9.17) is 9.73 Å². The zero-order valence-electron chi connectivity index (χ0n) is 21.3. The van der Waals surface area contributed by atoms with Crippen LogP contribution in [-0.4, -0.2) is 33.5 Å². The monoisotopic (exact) mass is 524 g/mol. The minimum atomic E-state index is -0.495. The molecule has 0 spiro atoms. The third kappa shape index (κ3) is 5.40. The standard InChI is InChI=1S/C30H28N4O3S/c1-3-37-29(36)26-27(22-9-5-4-6-10-22)33-30-34(28(26)23-11-7-8-20(2)16-23)24(19-38-30)17-25(35)32-18-21-12-14-31-15-13-21/h4-16,19,28H,3,17-18H2,1-2H3,(H,32,35)/t28-/m0/s1. The van der Waals surface area contributed by atoms with E-state index < -0.39 is 12.0 Å². The summed E-state index contributed by atoms with van der Waals surface area (Å²) < 4.78 is 5.56. The Labute approximate surface area is 226 Å². The fourth-order valence-electron chi connectivity index (χ4n) is 4.57. The molecule has 192 valence electrons. The van der Waals surface area contributed by atoms with Crippen molar-refractivity contribution in [2.24, 2.45) is 4.99 Å². The van der Waals surface area contributed by atoms with E-state index in [1.165, 1.54) is 11.8 Å².